The summed E-state index contributed by atoms with van der Waals surface area (Å²) < 4.78 is 41.8. The van der Waals surface area contributed by atoms with Crippen LogP contribution in [0.15, 0.2) is 29.3 Å². The lowest BCUT2D eigenvalue weighted by molar-refractivity contribution is -0.132. The van der Waals surface area contributed by atoms with Crippen molar-refractivity contribution in [3.8, 4) is 0 Å². The van der Waals surface area contributed by atoms with Crippen molar-refractivity contribution in [2.45, 2.75) is 45.7 Å². The van der Waals surface area contributed by atoms with E-state index >= 15 is 0 Å². The van der Waals surface area contributed by atoms with Crippen LogP contribution in [0.1, 0.15) is 31.4 Å². The molecule has 1 aromatic carbocycles. The molecular formula is C16H25F3IN3O. The predicted octanol–water partition coefficient (Wildman–Crippen LogP) is 3.85. The largest absolute Gasteiger partial charge is 0.390 e. The first-order chi connectivity index (χ1) is 10.8. The summed E-state index contributed by atoms with van der Waals surface area (Å²) in [6.07, 6.45) is -4.87. The van der Waals surface area contributed by atoms with Gasteiger partial charge in [0, 0.05) is 20.1 Å². The number of halogens is 4. The highest BCUT2D eigenvalue weighted by molar-refractivity contribution is 14.0. The summed E-state index contributed by atoms with van der Waals surface area (Å²) in [6.45, 7) is 4.81. The maximum Gasteiger partial charge on any atom is 0.390 e. The van der Waals surface area contributed by atoms with E-state index in [0.717, 1.165) is 11.1 Å². The minimum Gasteiger partial charge on any atom is -0.374 e. The number of rotatable bonds is 7. The molecule has 0 saturated carbocycles. The van der Waals surface area contributed by atoms with Crippen LogP contribution >= 0.6 is 24.0 Å². The third kappa shape index (κ3) is 10.7. The first kappa shape index (κ1) is 23.0. The van der Waals surface area contributed by atoms with Crippen molar-refractivity contribution in [2.75, 3.05) is 13.6 Å². The number of aliphatic imine (C=N–C) groups is 1. The fourth-order valence-corrected chi connectivity index (χ4v) is 1.75. The molecule has 0 heterocycles. The summed E-state index contributed by atoms with van der Waals surface area (Å²) in [6, 6.07) is 7.85. The SMILES string of the molecule is CN=C(NCCC(F)(F)F)NCc1ccc(COC(C)C)cc1.I. The van der Waals surface area contributed by atoms with Crippen molar-refractivity contribution in [3.63, 3.8) is 0 Å². The molecule has 2 N–H and O–H groups in total. The van der Waals surface area contributed by atoms with Crippen molar-refractivity contribution in [1.29, 1.82) is 0 Å². The zero-order valence-corrected chi connectivity index (χ0v) is 16.4. The molecule has 0 fully saturated rings. The van der Waals surface area contributed by atoms with Gasteiger partial charge in [-0.05, 0) is 25.0 Å². The van der Waals surface area contributed by atoms with Crippen LogP contribution < -0.4 is 10.6 Å². The van der Waals surface area contributed by atoms with Gasteiger partial charge in [-0.25, -0.2) is 0 Å². The number of ether oxygens (including phenoxy) is 1. The molecule has 0 aliphatic heterocycles. The minimum absolute atomic E-state index is 0. The van der Waals surface area contributed by atoms with Crippen molar-refractivity contribution >= 4 is 29.9 Å². The van der Waals surface area contributed by atoms with Gasteiger partial charge in [-0.15, -0.1) is 24.0 Å². The van der Waals surface area contributed by atoms with Crippen LogP contribution in [0.3, 0.4) is 0 Å². The Morgan fingerprint density at radius 3 is 2.21 bits per heavy atom. The first-order valence-corrected chi connectivity index (χ1v) is 7.51. The van der Waals surface area contributed by atoms with E-state index in [1.165, 1.54) is 7.05 Å². The third-order valence-electron chi connectivity index (χ3n) is 2.99. The Morgan fingerprint density at radius 2 is 1.71 bits per heavy atom. The molecule has 0 amide bonds. The fourth-order valence-electron chi connectivity index (χ4n) is 1.75. The van der Waals surface area contributed by atoms with Gasteiger partial charge in [-0.3, -0.25) is 4.99 Å². The fraction of sp³-hybridized carbons (Fsp3) is 0.562. The summed E-state index contributed by atoms with van der Waals surface area (Å²) in [7, 11) is 1.52. The average Bonchev–Trinajstić information content (AvgIpc) is 2.48. The Hall–Kier alpha value is -1.03. The second-order valence-corrected chi connectivity index (χ2v) is 5.39. The van der Waals surface area contributed by atoms with E-state index in [-0.39, 0.29) is 36.6 Å². The monoisotopic (exact) mass is 459 g/mol. The van der Waals surface area contributed by atoms with Gasteiger partial charge in [0.2, 0.25) is 0 Å². The van der Waals surface area contributed by atoms with Crippen LogP contribution in [0.5, 0.6) is 0 Å². The molecule has 138 valence electrons. The Bertz CT molecular complexity index is 490. The van der Waals surface area contributed by atoms with Crippen LogP contribution in [0.2, 0.25) is 0 Å². The van der Waals surface area contributed by atoms with Crippen LogP contribution in [-0.4, -0.2) is 31.8 Å². The summed E-state index contributed by atoms with van der Waals surface area (Å²) in [4.78, 5) is 3.90. The summed E-state index contributed by atoms with van der Waals surface area (Å²) in [5.74, 6) is 0.349. The maximum atomic E-state index is 12.1. The normalized spacial score (nSPS) is 12.0. The Kier molecular flexibility index (Phi) is 11.0. The second-order valence-electron chi connectivity index (χ2n) is 5.39. The zero-order valence-electron chi connectivity index (χ0n) is 14.1. The molecule has 0 aromatic heterocycles. The topological polar surface area (TPSA) is 45.7 Å². The number of nitrogens with zero attached hydrogens (tertiary/aromatic N) is 1. The summed E-state index contributed by atoms with van der Waals surface area (Å²) >= 11 is 0. The molecular weight excluding hydrogens is 434 g/mol. The first-order valence-electron chi connectivity index (χ1n) is 7.51. The van der Waals surface area contributed by atoms with Gasteiger partial charge in [0.15, 0.2) is 5.96 Å². The van der Waals surface area contributed by atoms with Crippen molar-refractivity contribution < 1.29 is 17.9 Å². The molecule has 24 heavy (non-hydrogen) atoms. The van der Waals surface area contributed by atoms with Crippen LogP contribution in [0, 0.1) is 0 Å². The van der Waals surface area contributed by atoms with Gasteiger partial charge in [0.05, 0.1) is 19.1 Å². The van der Waals surface area contributed by atoms with Crippen LogP contribution in [-0.2, 0) is 17.9 Å². The van der Waals surface area contributed by atoms with Crippen LogP contribution in [0.25, 0.3) is 0 Å². The van der Waals surface area contributed by atoms with Gasteiger partial charge < -0.3 is 15.4 Å². The van der Waals surface area contributed by atoms with Gasteiger partial charge in [-0.1, -0.05) is 24.3 Å². The molecule has 0 radical (unpaired) electrons. The number of hydrogen-bond donors (Lipinski definition) is 2. The zero-order chi connectivity index (χ0) is 17.3. The predicted molar refractivity (Wildman–Crippen MR) is 101 cm³/mol. The van der Waals surface area contributed by atoms with Gasteiger partial charge in [-0.2, -0.15) is 13.2 Å². The van der Waals surface area contributed by atoms with E-state index < -0.39 is 12.6 Å². The summed E-state index contributed by atoms with van der Waals surface area (Å²) in [5, 5.41) is 5.62. The molecule has 1 aromatic rings. The Morgan fingerprint density at radius 1 is 1.12 bits per heavy atom. The Labute approximate surface area is 158 Å². The van der Waals surface area contributed by atoms with Crippen molar-refractivity contribution in [1.82, 2.24) is 10.6 Å². The number of hydrogen-bond acceptors (Lipinski definition) is 2. The van der Waals surface area contributed by atoms with Crippen molar-refractivity contribution in [3.05, 3.63) is 35.4 Å². The van der Waals surface area contributed by atoms with E-state index in [4.69, 9.17) is 4.74 Å². The molecule has 0 aliphatic carbocycles. The molecule has 4 nitrogen and oxygen atoms in total. The standard InChI is InChI=1S/C16H24F3N3O.HI/c1-12(2)23-11-14-6-4-13(5-7-14)10-22-15(20-3)21-9-8-16(17,18)19;/h4-7,12H,8-11H2,1-3H3,(H2,20,21,22);1H. The van der Waals surface area contributed by atoms with E-state index in [9.17, 15) is 13.2 Å². The minimum atomic E-state index is -4.17. The lowest BCUT2D eigenvalue weighted by atomic mass is 10.1. The molecule has 0 saturated heterocycles. The molecule has 0 atom stereocenters. The quantitative estimate of drug-likeness (QED) is 0.370. The molecule has 0 unspecified atom stereocenters. The lowest BCUT2D eigenvalue weighted by Gasteiger charge is -2.13. The van der Waals surface area contributed by atoms with Gasteiger partial charge in [0.25, 0.3) is 0 Å². The molecule has 0 aliphatic rings. The van der Waals surface area contributed by atoms with Gasteiger partial charge >= 0.3 is 6.18 Å². The van der Waals surface area contributed by atoms with E-state index in [1.54, 1.807) is 0 Å². The third-order valence-corrected chi connectivity index (χ3v) is 2.99. The van der Waals surface area contributed by atoms with Crippen LogP contribution in [0.4, 0.5) is 13.2 Å². The number of guanidine groups is 1. The molecule has 1 rings (SSSR count). The van der Waals surface area contributed by atoms with E-state index in [0.29, 0.717) is 19.1 Å². The van der Waals surface area contributed by atoms with Crippen molar-refractivity contribution in [2.24, 2.45) is 4.99 Å². The Balaban J connectivity index is 0.00000529. The van der Waals surface area contributed by atoms with E-state index in [1.807, 2.05) is 38.1 Å². The average molecular weight is 459 g/mol. The lowest BCUT2D eigenvalue weighted by Crippen LogP contribution is -2.38. The molecule has 0 spiro atoms. The highest BCUT2D eigenvalue weighted by Crippen LogP contribution is 2.18. The highest BCUT2D eigenvalue weighted by Gasteiger charge is 2.26. The highest BCUT2D eigenvalue weighted by atomic mass is 127. The van der Waals surface area contributed by atoms with E-state index in [2.05, 4.69) is 15.6 Å². The molecule has 0 bridgehead atoms. The second kappa shape index (κ2) is 11.5. The summed E-state index contributed by atoms with van der Waals surface area (Å²) in [5.41, 5.74) is 2.09. The number of nitrogens with one attached hydrogen (secondary N) is 2. The number of alkyl halides is 3. The maximum absolute atomic E-state index is 12.1. The smallest absolute Gasteiger partial charge is 0.374 e. The molecule has 8 heteroatoms. The van der Waals surface area contributed by atoms with Gasteiger partial charge in [0.1, 0.15) is 0 Å². The number of benzene rings is 1.